The fourth-order valence-electron chi connectivity index (χ4n) is 3.77. The van der Waals surface area contributed by atoms with E-state index in [1.54, 1.807) is 24.3 Å². The number of aromatic amines is 1. The van der Waals surface area contributed by atoms with E-state index in [2.05, 4.69) is 46.7 Å². The quantitative estimate of drug-likeness (QED) is 0.732. The molecule has 144 valence electrons. The standard InChI is InChI=1S/C22H23N3O3/c1-14-8-10-15(11-9-14)20-16(5-4-12-28-20)13-23-22(27)19-17-6-2-3-7-18(17)21(26)25-24-19/h2-3,6-11,16,20H,4-5,12-13H2,1H3,(H,23,27)(H,25,26). The maximum absolute atomic E-state index is 12.8. The molecule has 2 heterocycles. The molecule has 1 fully saturated rings. The predicted octanol–water partition coefficient (Wildman–Crippen LogP) is 3.13. The van der Waals surface area contributed by atoms with E-state index in [4.69, 9.17) is 4.74 Å². The average Bonchev–Trinajstić information content (AvgIpc) is 2.73. The number of carbonyl (C=O) groups excluding carboxylic acids is 1. The molecule has 28 heavy (non-hydrogen) atoms. The number of nitrogens with one attached hydrogen (secondary N) is 2. The van der Waals surface area contributed by atoms with E-state index in [1.807, 2.05) is 0 Å². The van der Waals surface area contributed by atoms with Crippen LogP contribution in [0, 0.1) is 12.8 Å². The Kier molecular flexibility index (Phi) is 5.21. The van der Waals surface area contributed by atoms with Gasteiger partial charge in [0.2, 0.25) is 0 Å². The van der Waals surface area contributed by atoms with Gasteiger partial charge in [0.1, 0.15) is 0 Å². The third-order valence-electron chi connectivity index (χ3n) is 5.29. The number of amides is 1. The van der Waals surface area contributed by atoms with Gasteiger partial charge in [-0.2, -0.15) is 5.10 Å². The summed E-state index contributed by atoms with van der Waals surface area (Å²) in [7, 11) is 0. The second-order valence-electron chi connectivity index (χ2n) is 7.26. The number of hydrogen-bond donors (Lipinski definition) is 2. The Morgan fingerprint density at radius 2 is 1.93 bits per heavy atom. The number of aryl methyl sites for hydroxylation is 1. The Hall–Kier alpha value is -2.99. The SMILES string of the molecule is Cc1ccc(C2OCCCC2CNC(=O)c2n[nH]c(=O)c3ccccc23)cc1. The van der Waals surface area contributed by atoms with Crippen molar-refractivity contribution in [1.82, 2.24) is 15.5 Å². The van der Waals surface area contributed by atoms with Crippen molar-refractivity contribution in [2.24, 2.45) is 5.92 Å². The normalized spacial score (nSPS) is 19.5. The number of hydrogen-bond acceptors (Lipinski definition) is 4. The van der Waals surface area contributed by atoms with E-state index in [0.29, 0.717) is 17.3 Å². The maximum atomic E-state index is 12.8. The van der Waals surface area contributed by atoms with Crippen LogP contribution in [0.4, 0.5) is 0 Å². The minimum absolute atomic E-state index is 0.0325. The predicted molar refractivity (Wildman–Crippen MR) is 107 cm³/mol. The van der Waals surface area contributed by atoms with Crippen molar-refractivity contribution in [3.63, 3.8) is 0 Å². The van der Waals surface area contributed by atoms with Gasteiger partial charge in [0.25, 0.3) is 11.5 Å². The molecule has 6 nitrogen and oxygen atoms in total. The van der Waals surface area contributed by atoms with Crippen molar-refractivity contribution >= 4 is 16.7 Å². The number of carbonyl (C=O) groups is 1. The Balaban J connectivity index is 1.51. The first kappa shape index (κ1) is 18.4. The first-order chi connectivity index (χ1) is 13.6. The zero-order chi connectivity index (χ0) is 19.5. The van der Waals surface area contributed by atoms with Crippen molar-refractivity contribution in [2.75, 3.05) is 13.2 Å². The van der Waals surface area contributed by atoms with Gasteiger partial charge in [-0.05, 0) is 31.4 Å². The second kappa shape index (κ2) is 7.94. The highest BCUT2D eigenvalue weighted by Crippen LogP contribution is 2.33. The molecule has 1 amide bonds. The number of H-pyrrole nitrogens is 1. The van der Waals surface area contributed by atoms with Crippen LogP contribution in [0.1, 0.15) is 40.6 Å². The lowest BCUT2D eigenvalue weighted by Crippen LogP contribution is -2.36. The van der Waals surface area contributed by atoms with Crippen molar-refractivity contribution < 1.29 is 9.53 Å². The third-order valence-corrected chi connectivity index (χ3v) is 5.29. The van der Waals surface area contributed by atoms with E-state index >= 15 is 0 Å². The summed E-state index contributed by atoms with van der Waals surface area (Å²) in [4.78, 5) is 24.7. The van der Waals surface area contributed by atoms with Crippen LogP contribution in [-0.2, 0) is 4.74 Å². The topological polar surface area (TPSA) is 84.1 Å². The molecule has 2 unspecified atom stereocenters. The molecule has 3 aromatic rings. The maximum Gasteiger partial charge on any atom is 0.272 e. The minimum Gasteiger partial charge on any atom is -0.373 e. The molecule has 0 spiro atoms. The van der Waals surface area contributed by atoms with Gasteiger partial charge in [0, 0.05) is 24.5 Å². The van der Waals surface area contributed by atoms with Gasteiger partial charge in [-0.1, -0.05) is 48.0 Å². The highest BCUT2D eigenvalue weighted by molar-refractivity contribution is 6.04. The number of rotatable bonds is 4. The molecular formula is C22H23N3O3. The van der Waals surface area contributed by atoms with Gasteiger partial charge in [-0.25, -0.2) is 5.10 Å². The van der Waals surface area contributed by atoms with E-state index in [0.717, 1.165) is 25.0 Å². The zero-order valence-electron chi connectivity index (χ0n) is 15.8. The number of ether oxygens (including phenoxy) is 1. The summed E-state index contributed by atoms with van der Waals surface area (Å²) in [5, 5.41) is 10.4. The summed E-state index contributed by atoms with van der Waals surface area (Å²) in [6.45, 7) is 3.28. The Bertz CT molecular complexity index is 1040. The van der Waals surface area contributed by atoms with Crippen LogP contribution < -0.4 is 10.9 Å². The molecule has 1 aliphatic heterocycles. The minimum atomic E-state index is -0.299. The second-order valence-corrected chi connectivity index (χ2v) is 7.26. The van der Waals surface area contributed by atoms with Crippen LogP contribution in [0.5, 0.6) is 0 Å². The molecule has 6 heteroatoms. The van der Waals surface area contributed by atoms with Gasteiger partial charge in [-0.15, -0.1) is 0 Å². The number of benzene rings is 2. The fourth-order valence-corrected chi connectivity index (χ4v) is 3.77. The number of aromatic nitrogens is 2. The first-order valence-corrected chi connectivity index (χ1v) is 9.57. The Morgan fingerprint density at radius 1 is 1.18 bits per heavy atom. The summed E-state index contributed by atoms with van der Waals surface area (Å²) >= 11 is 0. The summed E-state index contributed by atoms with van der Waals surface area (Å²) in [6.07, 6.45) is 1.93. The van der Waals surface area contributed by atoms with Crippen molar-refractivity contribution in [1.29, 1.82) is 0 Å². The van der Waals surface area contributed by atoms with Crippen LogP contribution in [0.3, 0.4) is 0 Å². The lowest BCUT2D eigenvalue weighted by atomic mass is 9.89. The van der Waals surface area contributed by atoms with Crippen LogP contribution in [0.2, 0.25) is 0 Å². The van der Waals surface area contributed by atoms with Crippen molar-refractivity contribution in [3.8, 4) is 0 Å². The van der Waals surface area contributed by atoms with E-state index in [1.165, 1.54) is 5.56 Å². The van der Waals surface area contributed by atoms with Gasteiger partial charge in [0.15, 0.2) is 5.69 Å². The molecule has 2 N–H and O–H groups in total. The van der Waals surface area contributed by atoms with E-state index < -0.39 is 0 Å². The molecule has 1 aliphatic rings. The molecular weight excluding hydrogens is 354 g/mol. The van der Waals surface area contributed by atoms with E-state index in [-0.39, 0.29) is 29.2 Å². The first-order valence-electron chi connectivity index (χ1n) is 9.57. The summed E-state index contributed by atoms with van der Waals surface area (Å²) in [5.41, 5.74) is 2.28. The molecule has 0 saturated carbocycles. The average molecular weight is 377 g/mol. The van der Waals surface area contributed by atoms with E-state index in [9.17, 15) is 9.59 Å². The lowest BCUT2D eigenvalue weighted by Gasteiger charge is -2.32. The summed E-state index contributed by atoms with van der Waals surface area (Å²) < 4.78 is 6.03. The molecule has 1 aromatic heterocycles. The Morgan fingerprint density at radius 3 is 2.71 bits per heavy atom. The third kappa shape index (κ3) is 3.68. The van der Waals surface area contributed by atoms with Crippen LogP contribution in [0.15, 0.2) is 53.3 Å². The molecule has 0 radical (unpaired) electrons. The number of fused-ring (bicyclic) bond motifs is 1. The molecule has 0 aliphatic carbocycles. The number of nitrogens with zero attached hydrogens (tertiary/aromatic N) is 1. The van der Waals surface area contributed by atoms with Crippen LogP contribution >= 0.6 is 0 Å². The molecule has 0 bridgehead atoms. The van der Waals surface area contributed by atoms with Crippen LogP contribution in [-0.4, -0.2) is 29.3 Å². The summed E-state index contributed by atoms with van der Waals surface area (Å²) in [5.74, 6) is -0.102. The van der Waals surface area contributed by atoms with Crippen LogP contribution in [0.25, 0.3) is 10.8 Å². The smallest absolute Gasteiger partial charge is 0.272 e. The van der Waals surface area contributed by atoms with Gasteiger partial charge in [0.05, 0.1) is 11.5 Å². The largest absolute Gasteiger partial charge is 0.373 e. The van der Waals surface area contributed by atoms with Crippen molar-refractivity contribution in [3.05, 3.63) is 75.7 Å². The molecule has 2 atom stereocenters. The zero-order valence-corrected chi connectivity index (χ0v) is 15.8. The summed E-state index contributed by atoms with van der Waals surface area (Å²) in [6, 6.07) is 15.3. The van der Waals surface area contributed by atoms with Gasteiger partial charge < -0.3 is 10.1 Å². The molecule has 2 aromatic carbocycles. The fraction of sp³-hybridized carbons (Fsp3) is 0.318. The lowest BCUT2D eigenvalue weighted by molar-refractivity contribution is -0.0272. The Labute approximate surface area is 162 Å². The highest BCUT2D eigenvalue weighted by atomic mass is 16.5. The van der Waals surface area contributed by atoms with Gasteiger partial charge in [-0.3, -0.25) is 9.59 Å². The molecule has 4 rings (SSSR count). The monoisotopic (exact) mass is 377 g/mol. The molecule has 1 saturated heterocycles. The van der Waals surface area contributed by atoms with Crippen molar-refractivity contribution in [2.45, 2.75) is 25.9 Å². The van der Waals surface area contributed by atoms with Gasteiger partial charge >= 0.3 is 0 Å². The highest BCUT2D eigenvalue weighted by Gasteiger charge is 2.28.